The summed E-state index contributed by atoms with van der Waals surface area (Å²) in [7, 11) is 0. The number of nitrogens with one attached hydrogen (secondary N) is 2. The van der Waals surface area contributed by atoms with Gasteiger partial charge < -0.3 is 15.7 Å². The quantitative estimate of drug-likeness (QED) is 0.643. The van der Waals surface area contributed by atoms with E-state index in [1.807, 2.05) is 18.7 Å². The molecule has 0 bridgehead atoms. The van der Waals surface area contributed by atoms with Crippen LogP contribution in [0.1, 0.15) is 46.0 Å². The molecular formula is C14H26N2O3S. The summed E-state index contributed by atoms with van der Waals surface area (Å²) < 4.78 is 0. The number of amides is 2. The van der Waals surface area contributed by atoms with Crippen LogP contribution in [-0.2, 0) is 4.79 Å². The van der Waals surface area contributed by atoms with E-state index in [-0.39, 0.29) is 24.4 Å². The van der Waals surface area contributed by atoms with Gasteiger partial charge in [-0.15, -0.1) is 0 Å². The van der Waals surface area contributed by atoms with Crippen molar-refractivity contribution < 1.29 is 14.7 Å². The normalized spacial score (nSPS) is 23.3. The molecule has 116 valence electrons. The molecule has 1 fully saturated rings. The molecular weight excluding hydrogens is 276 g/mol. The van der Waals surface area contributed by atoms with Crippen molar-refractivity contribution >= 4 is 23.8 Å². The molecule has 1 saturated carbocycles. The Bertz CT molecular complexity index is 326. The van der Waals surface area contributed by atoms with Crippen LogP contribution in [0.15, 0.2) is 0 Å². The average Bonchev–Trinajstić information content (AvgIpc) is 2.82. The molecule has 2 amide bonds. The van der Waals surface area contributed by atoms with Crippen molar-refractivity contribution in [2.24, 2.45) is 5.92 Å². The first kappa shape index (κ1) is 17.1. The lowest BCUT2D eigenvalue weighted by Gasteiger charge is -2.17. The van der Waals surface area contributed by atoms with E-state index < -0.39 is 5.97 Å². The molecule has 0 aliphatic heterocycles. The minimum Gasteiger partial charge on any atom is -0.481 e. The first-order valence-electron chi connectivity index (χ1n) is 7.42. The Morgan fingerprint density at radius 3 is 2.70 bits per heavy atom. The minimum absolute atomic E-state index is 0.00484. The first-order valence-corrected chi connectivity index (χ1v) is 8.47. The zero-order valence-corrected chi connectivity index (χ0v) is 13.2. The first-order chi connectivity index (χ1) is 9.55. The molecule has 0 aromatic heterocycles. The molecule has 0 aromatic rings. The van der Waals surface area contributed by atoms with Crippen LogP contribution in [0.2, 0.25) is 0 Å². The molecule has 0 saturated heterocycles. The Labute approximate surface area is 125 Å². The number of thioether (sulfide) groups is 1. The van der Waals surface area contributed by atoms with E-state index in [4.69, 9.17) is 5.11 Å². The number of urea groups is 1. The van der Waals surface area contributed by atoms with Gasteiger partial charge >= 0.3 is 12.0 Å². The molecule has 0 aromatic carbocycles. The fraction of sp³-hybridized carbons (Fsp3) is 0.857. The highest BCUT2D eigenvalue weighted by Gasteiger charge is 2.25. The molecule has 3 atom stereocenters. The summed E-state index contributed by atoms with van der Waals surface area (Å²) in [6, 6.07) is 0.0968. The summed E-state index contributed by atoms with van der Waals surface area (Å²) in [5.41, 5.74) is 0. The molecule has 6 heteroatoms. The van der Waals surface area contributed by atoms with Crippen LogP contribution >= 0.6 is 11.8 Å². The maximum atomic E-state index is 11.8. The van der Waals surface area contributed by atoms with Gasteiger partial charge in [-0.3, -0.25) is 4.79 Å². The van der Waals surface area contributed by atoms with Crippen molar-refractivity contribution in [3.05, 3.63) is 0 Å². The molecule has 20 heavy (non-hydrogen) atoms. The third-order valence-electron chi connectivity index (χ3n) is 3.71. The third-order valence-corrected chi connectivity index (χ3v) is 4.95. The molecule has 0 heterocycles. The second-order valence-electron chi connectivity index (χ2n) is 5.31. The van der Waals surface area contributed by atoms with Gasteiger partial charge in [0.25, 0.3) is 0 Å². The molecule has 0 radical (unpaired) electrons. The Hall–Kier alpha value is -0.910. The second kappa shape index (κ2) is 9.10. The lowest BCUT2D eigenvalue weighted by Crippen LogP contribution is -2.43. The van der Waals surface area contributed by atoms with Crippen molar-refractivity contribution in [3.8, 4) is 0 Å². The Morgan fingerprint density at radius 2 is 2.10 bits per heavy atom. The lowest BCUT2D eigenvalue weighted by molar-refractivity contribution is -0.138. The fourth-order valence-corrected chi connectivity index (χ4v) is 3.68. The van der Waals surface area contributed by atoms with Crippen LogP contribution in [0, 0.1) is 5.92 Å². The van der Waals surface area contributed by atoms with Gasteiger partial charge in [0.1, 0.15) is 0 Å². The summed E-state index contributed by atoms with van der Waals surface area (Å²) >= 11 is 1.96. The highest BCUT2D eigenvalue weighted by molar-refractivity contribution is 7.99. The number of carbonyl (C=O) groups excluding carboxylic acids is 1. The van der Waals surface area contributed by atoms with Gasteiger partial charge in [-0.05, 0) is 30.9 Å². The predicted octanol–water partition coefficient (Wildman–Crippen LogP) is 2.46. The number of aliphatic carboxylic acids is 1. The number of hydrogen-bond donors (Lipinski definition) is 3. The van der Waals surface area contributed by atoms with Gasteiger partial charge in [0.2, 0.25) is 0 Å². The number of hydrogen-bond acceptors (Lipinski definition) is 3. The van der Waals surface area contributed by atoms with Crippen LogP contribution in [-0.4, -0.2) is 40.7 Å². The van der Waals surface area contributed by atoms with Gasteiger partial charge in [-0.2, -0.15) is 11.8 Å². The smallest absolute Gasteiger partial charge is 0.315 e. The van der Waals surface area contributed by atoms with Gasteiger partial charge in [-0.25, -0.2) is 4.79 Å². The maximum Gasteiger partial charge on any atom is 0.315 e. The van der Waals surface area contributed by atoms with E-state index in [9.17, 15) is 9.59 Å². The number of carbonyl (C=O) groups is 2. The van der Waals surface area contributed by atoms with E-state index in [0.717, 1.165) is 25.0 Å². The maximum absolute atomic E-state index is 11.8. The van der Waals surface area contributed by atoms with E-state index in [0.29, 0.717) is 11.8 Å². The summed E-state index contributed by atoms with van der Waals surface area (Å²) in [5.74, 6) is 0.316. The molecule has 3 unspecified atom stereocenters. The monoisotopic (exact) mass is 302 g/mol. The minimum atomic E-state index is -0.811. The molecule has 0 spiro atoms. The van der Waals surface area contributed by atoms with Crippen LogP contribution in [0.5, 0.6) is 0 Å². The Balaban J connectivity index is 2.21. The standard InChI is InChI=1S/C14H26N2O3S/c1-3-10(7-13(17)18)9-15-14(19)16-11-5-6-12(8-11)20-4-2/h10-12H,3-9H2,1-2H3,(H,17,18)(H2,15,16,19). The van der Waals surface area contributed by atoms with Crippen molar-refractivity contribution in [3.63, 3.8) is 0 Å². The van der Waals surface area contributed by atoms with E-state index in [1.165, 1.54) is 6.42 Å². The van der Waals surface area contributed by atoms with Crippen molar-refractivity contribution in [1.82, 2.24) is 10.6 Å². The van der Waals surface area contributed by atoms with Gasteiger partial charge in [0.05, 0.1) is 0 Å². The molecule has 1 aliphatic rings. The SMILES string of the molecule is CCSC1CCC(NC(=O)NCC(CC)CC(=O)O)C1. The van der Waals surface area contributed by atoms with E-state index in [1.54, 1.807) is 0 Å². The molecule has 3 N–H and O–H groups in total. The summed E-state index contributed by atoms with van der Waals surface area (Å²) in [5, 5.41) is 15.2. The summed E-state index contributed by atoms with van der Waals surface area (Å²) in [6.45, 7) is 4.52. The van der Waals surface area contributed by atoms with Crippen LogP contribution < -0.4 is 10.6 Å². The van der Waals surface area contributed by atoms with E-state index >= 15 is 0 Å². The predicted molar refractivity (Wildman–Crippen MR) is 82.1 cm³/mol. The topological polar surface area (TPSA) is 78.4 Å². The Morgan fingerprint density at radius 1 is 1.35 bits per heavy atom. The number of rotatable bonds is 8. The van der Waals surface area contributed by atoms with E-state index in [2.05, 4.69) is 17.6 Å². The summed E-state index contributed by atoms with van der Waals surface area (Å²) in [4.78, 5) is 22.5. The average molecular weight is 302 g/mol. The van der Waals surface area contributed by atoms with Crippen LogP contribution in [0.3, 0.4) is 0 Å². The summed E-state index contributed by atoms with van der Waals surface area (Å²) in [6.07, 6.45) is 4.11. The third kappa shape index (κ3) is 6.50. The Kier molecular flexibility index (Phi) is 7.80. The van der Waals surface area contributed by atoms with Crippen molar-refractivity contribution in [2.75, 3.05) is 12.3 Å². The molecule has 1 rings (SSSR count). The van der Waals surface area contributed by atoms with Crippen LogP contribution in [0.25, 0.3) is 0 Å². The van der Waals surface area contributed by atoms with Gasteiger partial charge in [0, 0.05) is 24.3 Å². The number of carboxylic acids is 1. The number of carboxylic acid groups (broad SMARTS) is 1. The largest absolute Gasteiger partial charge is 0.481 e. The fourth-order valence-electron chi connectivity index (χ4n) is 2.54. The highest BCUT2D eigenvalue weighted by atomic mass is 32.2. The van der Waals surface area contributed by atoms with Gasteiger partial charge in [-0.1, -0.05) is 20.3 Å². The van der Waals surface area contributed by atoms with Crippen LogP contribution in [0.4, 0.5) is 4.79 Å². The lowest BCUT2D eigenvalue weighted by atomic mass is 10.0. The zero-order valence-electron chi connectivity index (χ0n) is 12.4. The van der Waals surface area contributed by atoms with Gasteiger partial charge in [0.15, 0.2) is 0 Å². The second-order valence-corrected chi connectivity index (χ2v) is 6.89. The van der Waals surface area contributed by atoms with Crippen molar-refractivity contribution in [2.45, 2.75) is 57.2 Å². The van der Waals surface area contributed by atoms with Crippen molar-refractivity contribution in [1.29, 1.82) is 0 Å². The zero-order chi connectivity index (χ0) is 15.0. The highest BCUT2D eigenvalue weighted by Crippen LogP contribution is 2.29. The molecule has 5 nitrogen and oxygen atoms in total. The molecule has 1 aliphatic carbocycles.